The van der Waals surface area contributed by atoms with Crippen LogP contribution in [0, 0.1) is 34.0 Å². The number of rotatable bonds is 4. The van der Waals surface area contributed by atoms with Crippen molar-refractivity contribution in [1.82, 2.24) is 0 Å². The van der Waals surface area contributed by atoms with E-state index in [1.54, 1.807) is 0 Å². The van der Waals surface area contributed by atoms with Gasteiger partial charge in [0.2, 0.25) is 0 Å². The van der Waals surface area contributed by atoms with Crippen LogP contribution < -0.4 is 0 Å². The van der Waals surface area contributed by atoms with Crippen molar-refractivity contribution in [3.05, 3.63) is 59.6 Å². The summed E-state index contributed by atoms with van der Waals surface area (Å²) < 4.78 is 20.3. The fourth-order valence-corrected chi connectivity index (χ4v) is 3.82. The monoisotopic (exact) mass is 396 g/mol. The molecule has 0 fully saturated rings. The van der Waals surface area contributed by atoms with Crippen molar-refractivity contribution in [2.75, 3.05) is 14.2 Å². The van der Waals surface area contributed by atoms with Gasteiger partial charge in [0.15, 0.2) is 5.41 Å². The molecule has 1 aliphatic carbocycles. The Morgan fingerprint density at radius 2 is 1.66 bits per heavy atom. The number of hydrogen-bond donors (Lipinski definition) is 1. The third kappa shape index (κ3) is 2.84. The van der Waals surface area contributed by atoms with Gasteiger partial charge in [-0.05, 0) is 24.3 Å². The van der Waals surface area contributed by atoms with Gasteiger partial charge in [-0.1, -0.05) is 0 Å². The van der Waals surface area contributed by atoms with E-state index in [2.05, 4.69) is 0 Å². The molecule has 3 atom stereocenters. The predicted molar refractivity (Wildman–Crippen MR) is 93.7 cm³/mol. The van der Waals surface area contributed by atoms with Gasteiger partial charge in [-0.25, -0.2) is 4.79 Å². The highest BCUT2D eigenvalue weighted by atomic mass is 16.5. The fraction of sp³-hybridized carbons (Fsp3) is 0.300. The third-order valence-electron chi connectivity index (χ3n) is 5.05. The molecule has 0 saturated carbocycles. The van der Waals surface area contributed by atoms with Gasteiger partial charge in [0.1, 0.15) is 23.2 Å². The predicted octanol–water partition coefficient (Wildman–Crippen LogP) is 2.56. The minimum atomic E-state index is -2.07. The molecular formula is C20H16N2O7. The lowest BCUT2D eigenvalue weighted by Crippen LogP contribution is -2.47. The maximum absolute atomic E-state index is 12.6. The number of nitrogens with zero attached hydrogens (tertiary/aromatic N) is 2. The van der Waals surface area contributed by atoms with Crippen LogP contribution in [0.3, 0.4) is 0 Å². The second-order valence-electron chi connectivity index (χ2n) is 6.33. The summed E-state index contributed by atoms with van der Waals surface area (Å²) in [6.07, 6.45) is 2.61. The fourth-order valence-electron chi connectivity index (χ4n) is 3.82. The SMILES string of the molecule is COC(=O)C1=C(O)[C@H](C(=O)OC)[C@@H](c2ccco2)C(C#N)(C#N)[C@@H]1c1ccco1. The molecule has 0 saturated heterocycles. The Labute approximate surface area is 165 Å². The third-order valence-corrected chi connectivity index (χ3v) is 5.05. The number of aliphatic hydroxyl groups is 1. The van der Waals surface area contributed by atoms with Crippen LogP contribution in [0.2, 0.25) is 0 Å². The molecule has 2 aromatic rings. The molecule has 148 valence electrons. The van der Waals surface area contributed by atoms with Crippen LogP contribution in [0.25, 0.3) is 0 Å². The number of nitriles is 2. The van der Waals surface area contributed by atoms with E-state index in [-0.39, 0.29) is 11.5 Å². The lowest BCUT2D eigenvalue weighted by molar-refractivity contribution is -0.147. The summed E-state index contributed by atoms with van der Waals surface area (Å²) in [5.41, 5.74) is -2.49. The molecule has 3 rings (SSSR count). The average molecular weight is 396 g/mol. The zero-order chi connectivity index (χ0) is 21.2. The minimum absolute atomic E-state index is 0.0694. The molecule has 2 aromatic heterocycles. The smallest absolute Gasteiger partial charge is 0.338 e. The molecule has 9 nitrogen and oxygen atoms in total. The standard InChI is InChI=1S/C20H16N2O7/c1-26-18(24)13-15(11-5-3-7-28-11)20(9-21,10-22)16(12-6-4-8-29-12)14(17(13)23)19(25)27-2/h3-8,13,15-16,23H,1-2H3/t13-,15-,16-/m1/s1. The van der Waals surface area contributed by atoms with Crippen LogP contribution in [0.15, 0.2) is 57.0 Å². The maximum Gasteiger partial charge on any atom is 0.338 e. The van der Waals surface area contributed by atoms with Crippen molar-refractivity contribution < 1.29 is 33.0 Å². The van der Waals surface area contributed by atoms with Gasteiger partial charge in [-0.2, -0.15) is 10.5 Å². The first-order valence-electron chi connectivity index (χ1n) is 8.45. The number of carbonyl (C=O) groups is 2. The lowest BCUT2D eigenvalue weighted by Gasteiger charge is -2.41. The van der Waals surface area contributed by atoms with E-state index in [1.165, 1.54) is 36.8 Å². The van der Waals surface area contributed by atoms with E-state index in [0.717, 1.165) is 14.2 Å². The molecule has 0 aromatic carbocycles. The average Bonchev–Trinajstić information content (AvgIpc) is 3.45. The van der Waals surface area contributed by atoms with Crippen molar-refractivity contribution in [3.8, 4) is 12.1 Å². The normalized spacial score (nSPS) is 23.0. The highest BCUT2D eigenvalue weighted by Gasteiger charge is 2.63. The topological polar surface area (TPSA) is 147 Å². The number of methoxy groups -OCH3 is 2. The minimum Gasteiger partial charge on any atom is -0.511 e. The van der Waals surface area contributed by atoms with E-state index in [9.17, 15) is 25.2 Å². The summed E-state index contributed by atoms with van der Waals surface area (Å²) in [7, 11) is 2.17. The number of esters is 2. The Morgan fingerprint density at radius 3 is 2.10 bits per heavy atom. The Hall–Kier alpha value is -3.98. The van der Waals surface area contributed by atoms with Crippen LogP contribution >= 0.6 is 0 Å². The van der Waals surface area contributed by atoms with Crippen molar-refractivity contribution in [2.45, 2.75) is 11.8 Å². The summed E-state index contributed by atoms with van der Waals surface area (Å²) in [5, 5.41) is 31.3. The van der Waals surface area contributed by atoms with Gasteiger partial charge in [-0.15, -0.1) is 0 Å². The highest BCUT2D eigenvalue weighted by Crippen LogP contribution is 2.59. The molecule has 0 bridgehead atoms. The number of ether oxygens (including phenoxy) is 2. The quantitative estimate of drug-likeness (QED) is 0.770. The number of furan rings is 2. The molecule has 0 unspecified atom stereocenters. The largest absolute Gasteiger partial charge is 0.511 e. The maximum atomic E-state index is 12.6. The summed E-state index contributed by atoms with van der Waals surface area (Å²) >= 11 is 0. The molecule has 0 radical (unpaired) electrons. The molecule has 0 spiro atoms. The van der Waals surface area contributed by atoms with Crippen LogP contribution in [-0.2, 0) is 19.1 Å². The van der Waals surface area contributed by atoms with Crippen LogP contribution in [-0.4, -0.2) is 31.3 Å². The zero-order valence-electron chi connectivity index (χ0n) is 15.5. The molecule has 0 amide bonds. The number of hydrogen-bond acceptors (Lipinski definition) is 9. The van der Waals surface area contributed by atoms with E-state index < -0.39 is 46.4 Å². The van der Waals surface area contributed by atoms with Gasteiger partial charge < -0.3 is 23.4 Å². The van der Waals surface area contributed by atoms with Gasteiger partial charge in [-0.3, -0.25) is 4.79 Å². The van der Waals surface area contributed by atoms with Gasteiger partial charge in [0.05, 0.1) is 56.3 Å². The van der Waals surface area contributed by atoms with Crippen molar-refractivity contribution in [3.63, 3.8) is 0 Å². The molecule has 1 N–H and O–H groups in total. The van der Waals surface area contributed by atoms with Crippen molar-refractivity contribution >= 4 is 11.9 Å². The lowest BCUT2D eigenvalue weighted by atomic mass is 9.56. The van der Waals surface area contributed by atoms with Crippen LogP contribution in [0.5, 0.6) is 0 Å². The summed E-state index contributed by atoms with van der Waals surface area (Å²) in [4.78, 5) is 25.2. The highest BCUT2D eigenvalue weighted by molar-refractivity contribution is 5.94. The van der Waals surface area contributed by atoms with E-state index >= 15 is 0 Å². The first kappa shape index (κ1) is 19.8. The molecule has 9 heteroatoms. The van der Waals surface area contributed by atoms with E-state index in [0.29, 0.717) is 0 Å². The molecular weight excluding hydrogens is 380 g/mol. The second kappa shape index (κ2) is 7.56. The molecule has 29 heavy (non-hydrogen) atoms. The molecule has 1 aliphatic rings. The summed E-state index contributed by atoms with van der Waals surface area (Å²) in [5.74, 6) is -6.66. The number of carbonyl (C=O) groups excluding carboxylic acids is 2. The Morgan fingerprint density at radius 1 is 1.07 bits per heavy atom. The Balaban J connectivity index is 2.44. The van der Waals surface area contributed by atoms with Crippen molar-refractivity contribution in [2.24, 2.45) is 11.3 Å². The zero-order valence-corrected chi connectivity index (χ0v) is 15.5. The second-order valence-corrected chi connectivity index (χ2v) is 6.33. The van der Waals surface area contributed by atoms with E-state index in [1.807, 2.05) is 12.1 Å². The van der Waals surface area contributed by atoms with E-state index in [4.69, 9.17) is 18.3 Å². The Kier molecular flexibility index (Phi) is 5.16. The first-order chi connectivity index (χ1) is 14.0. The summed E-state index contributed by atoms with van der Waals surface area (Å²) in [6, 6.07) is 9.84. The Bertz CT molecular complexity index is 1010. The first-order valence-corrected chi connectivity index (χ1v) is 8.45. The van der Waals surface area contributed by atoms with Crippen LogP contribution in [0.4, 0.5) is 0 Å². The van der Waals surface area contributed by atoms with Gasteiger partial charge >= 0.3 is 11.9 Å². The van der Waals surface area contributed by atoms with Gasteiger partial charge in [0, 0.05) is 0 Å². The number of aliphatic hydroxyl groups excluding tert-OH is 1. The van der Waals surface area contributed by atoms with Crippen molar-refractivity contribution in [1.29, 1.82) is 10.5 Å². The summed E-state index contributed by atoms with van der Waals surface area (Å²) in [6.45, 7) is 0. The molecule has 0 aliphatic heterocycles. The van der Waals surface area contributed by atoms with Gasteiger partial charge in [0.25, 0.3) is 0 Å². The molecule has 2 heterocycles. The van der Waals surface area contributed by atoms with Crippen LogP contribution in [0.1, 0.15) is 23.4 Å².